The first-order valence-electron chi connectivity index (χ1n) is 5.34. The molecule has 0 saturated heterocycles. The number of nitrogens with two attached hydrogens (primary N) is 2. The monoisotopic (exact) mass is 239 g/mol. The van der Waals surface area contributed by atoms with Crippen molar-refractivity contribution in [2.45, 2.75) is 18.9 Å². The fourth-order valence-electron chi connectivity index (χ4n) is 1.89. The Balaban J connectivity index is 0.00000128. The molecule has 0 saturated carbocycles. The number of nitrogens with one attached hydrogen (secondary N) is 1. The number of rotatable bonds is 4. The van der Waals surface area contributed by atoms with Crippen molar-refractivity contribution in [1.29, 1.82) is 0 Å². The Morgan fingerprint density at radius 2 is 2.00 bits per heavy atom. The summed E-state index contributed by atoms with van der Waals surface area (Å²) >= 11 is 0. The molecule has 0 unspecified atom stereocenters. The summed E-state index contributed by atoms with van der Waals surface area (Å²) in [6.07, 6.45) is 3.92. The van der Waals surface area contributed by atoms with Gasteiger partial charge < -0.3 is 16.5 Å². The molecule has 0 bridgehead atoms. The first kappa shape index (κ1) is 13.0. The van der Waals surface area contributed by atoms with E-state index in [0.29, 0.717) is 6.54 Å². The molecule has 0 radical (unpaired) electrons. The van der Waals surface area contributed by atoms with Crippen LogP contribution in [0.2, 0.25) is 0 Å². The van der Waals surface area contributed by atoms with Crippen LogP contribution in [0.15, 0.2) is 30.5 Å². The van der Waals surface area contributed by atoms with E-state index in [1.54, 1.807) is 0 Å². The van der Waals surface area contributed by atoms with Gasteiger partial charge in [-0.1, -0.05) is 18.2 Å². The van der Waals surface area contributed by atoms with Crippen LogP contribution in [0.4, 0.5) is 0 Å². The molecule has 2 rings (SSSR count). The molecule has 0 aliphatic carbocycles. The van der Waals surface area contributed by atoms with Crippen molar-refractivity contribution in [2.24, 2.45) is 11.5 Å². The molecule has 0 aliphatic heterocycles. The number of hydrogen-bond acceptors (Lipinski definition) is 2. The van der Waals surface area contributed by atoms with Crippen LogP contribution in [0.1, 0.15) is 24.4 Å². The molecule has 2 aromatic rings. The zero-order valence-electron chi connectivity index (χ0n) is 9.15. The van der Waals surface area contributed by atoms with Gasteiger partial charge in [0.25, 0.3) is 0 Å². The smallest absolute Gasteiger partial charge is 0.0457 e. The van der Waals surface area contributed by atoms with Crippen LogP contribution in [0.25, 0.3) is 10.9 Å². The highest BCUT2D eigenvalue weighted by atomic mass is 35.5. The van der Waals surface area contributed by atoms with E-state index in [-0.39, 0.29) is 18.4 Å². The number of halogens is 1. The highest BCUT2D eigenvalue weighted by Crippen LogP contribution is 2.24. The number of H-pyrrole nitrogens is 1. The first-order chi connectivity index (χ1) is 7.33. The third kappa shape index (κ3) is 2.55. The van der Waals surface area contributed by atoms with Gasteiger partial charge in [0.05, 0.1) is 0 Å². The zero-order valence-corrected chi connectivity index (χ0v) is 9.96. The van der Waals surface area contributed by atoms with Crippen LogP contribution in [0, 0.1) is 0 Å². The second kappa shape index (κ2) is 5.89. The van der Waals surface area contributed by atoms with E-state index in [2.05, 4.69) is 17.1 Å². The summed E-state index contributed by atoms with van der Waals surface area (Å²) in [5.74, 6) is 0. The summed E-state index contributed by atoms with van der Waals surface area (Å²) in [4.78, 5) is 3.23. The quantitative estimate of drug-likeness (QED) is 0.767. The Bertz CT molecular complexity index is 439. The van der Waals surface area contributed by atoms with E-state index in [0.717, 1.165) is 18.4 Å². The molecular formula is C12H18ClN3. The zero-order chi connectivity index (χ0) is 10.7. The lowest BCUT2D eigenvalue weighted by Gasteiger charge is -2.09. The highest BCUT2D eigenvalue weighted by molar-refractivity contribution is 5.85. The standard InChI is InChI=1S/C12H17N3.ClH/c13-7-3-5-11(14)10-8-15-12-6-2-1-4-9(10)12;/h1-2,4,6,8,11,15H,3,5,7,13-14H2;1H/t11-;/m1./s1. The summed E-state index contributed by atoms with van der Waals surface area (Å²) < 4.78 is 0. The maximum atomic E-state index is 6.12. The van der Waals surface area contributed by atoms with E-state index in [1.165, 1.54) is 10.9 Å². The maximum absolute atomic E-state index is 6.12. The van der Waals surface area contributed by atoms with E-state index in [4.69, 9.17) is 11.5 Å². The van der Waals surface area contributed by atoms with Crippen LogP contribution in [-0.4, -0.2) is 11.5 Å². The number of benzene rings is 1. The van der Waals surface area contributed by atoms with Gasteiger partial charge in [-0.2, -0.15) is 0 Å². The number of aromatic amines is 1. The molecule has 3 nitrogen and oxygen atoms in total. The molecule has 0 amide bonds. The molecule has 0 aliphatic rings. The highest BCUT2D eigenvalue weighted by Gasteiger charge is 2.10. The van der Waals surface area contributed by atoms with E-state index in [9.17, 15) is 0 Å². The molecule has 88 valence electrons. The fraction of sp³-hybridized carbons (Fsp3) is 0.333. The first-order valence-corrected chi connectivity index (χ1v) is 5.34. The largest absolute Gasteiger partial charge is 0.361 e. The van der Waals surface area contributed by atoms with Gasteiger partial charge in [0.1, 0.15) is 0 Å². The molecule has 1 aromatic carbocycles. The fourth-order valence-corrected chi connectivity index (χ4v) is 1.89. The van der Waals surface area contributed by atoms with Crippen molar-refractivity contribution >= 4 is 23.3 Å². The van der Waals surface area contributed by atoms with Crippen molar-refractivity contribution in [3.05, 3.63) is 36.0 Å². The predicted octanol–water partition coefficient (Wildman–Crippen LogP) is 2.33. The summed E-state index contributed by atoms with van der Waals surface area (Å²) in [6, 6.07) is 8.31. The molecule has 4 heteroatoms. The van der Waals surface area contributed by atoms with Gasteiger partial charge in [-0.3, -0.25) is 0 Å². The van der Waals surface area contributed by atoms with Crippen LogP contribution in [-0.2, 0) is 0 Å². The van der Waals surface area contributed by atoms with Crippen molar-refractivity contribution in [3.8, 4) is 0 Å². The van der Waals surface area contributed by atoms with E-state index in [1.807, 2.05) is 18.3 Å². The van der Waals surface area contributed by atoms with Gasteiger partial charge in [0, 0.05) is 23.1 Å². The minimum absolute atomic E-state index is 0. The minimum Gasteiger partial charge on any atom is -0.361 e. The Kier molecular flexibility index (Phi) is 4.80. The Hall–Kier alpha value is -1.03. The predicted molar refractivity (Wildman–Crippen MR) is 70.8 cm³/mol. The summed E-state index contributed by atoms with van der Waals surface area (Å²) in [5, 5.41) is 1.22. The van der Waals surface area contributed by atoms with E-state index >= 15 is 0 Å². The summed E-state index contributed by atoms with van der Waals surface area (Å²) in [6.45, 7) is 0.704. The second-order valence-electron chi connectivity index (χ2n) is 3.83. The summed E-state index contributed by atoms with van der Waals surface area (Å²) in [5.41, 5.74) is 13.9. The number of fused-ring (bicyclic) bond motifs is 1. The minimum atomic E-state index is 0. The lowest BCUT2D eigenvalue weighted by molar-refractivity contribution is 0.621. The van der Waals surface area contributed by atoms with Crippen LogP contribution in [0.3, 0.4) is 0 Å². The Morgan fingerprint density at radius 3 is 2.75 bits per heavy atom. The second-order valence-corrected chi connectivity index (χ2v) is 3.83. The molecule has 5 N–H and O–H groups in total. The van der Waals surface area contributed by atoms with E-state index < -0.39 is 0 Å². The normalized spacial score (nSPS) is 12.4. The van der Waals surface area contributed by atoms with Gasteiger partial charge >= 0.3 is 0 Å². The van der Waals surface area contributed by atoms with Gasteiger partial charge in [0.2, 0.25) is 0 Å². The lowest BCUT2D eigenvalue weighted by atomic mass is 10.0. The van der Waals surface area contributed by atoms with Crippen LogP contribution in [0.5, 0.6) is 0 Å². The molecule has 0 fully saturated rings. The van der Waals surface area contributed by atoms with Gasteiger partial charge in [-0.05, 0) is 31.0 Å². The molecule has 1 aromatic heterocycles. The Labute approximate surface area is 102 Å². The number of aromatic nitrogens is 1. The van der Waals surface area contributed by atoms with Gasteiger partial charge in [-0.15, -0.1) is 12.4 Å². The number of hydrogen-bond donors (Lipinski definition) is 3. The Morgan fingerprint density at radius 1 is 1.25 bits per heavy atom. The molecule has 1 heterocycles. The van der Waals surface area contributed by atoms with Crippen LogP contribution < -0.4 is 11.5 Å². The average molecular weight is 240 g/mol. The van der Waals surface area contributed by atoms with Crippen molar-refractivity contribution in [1.82, 2.24) is 4.98 Å². The summed E-state index contributed by atoms with van der Waals surface area (Å²) in [7, 11) is 0. The van der Waals surface area contributed by atoms with Crippen LogP contribution >= 0.6 is 12.4 Å². The van der Waals surface area contributed by atoms with Crippen molar-refractivity contribution in [3.63, 3.8) is 0 Å². The molecule has 1 atom stereocenters. The van der Waals surface area contributed by atoms with Crippen molar-refractivity contribution < 1.29 is 0 Å². The maximum Gasteiger partial charge on any atom is 0.0457 e. The lowest BCUT2D eigenvalue weighted by Crippen LogP contribution is -2.12. The molecule has 16 heavy (non-hydrogen) atoms. The SMILES string of the molecule is Cl.NCCC[C@@H](N)c1c[nH]c2ccccc12. The number of para-hydroxylation sites is 1. The molecule has 0 spiro atoms. The van der Waals surface area contributed by atoms with Crippen molar-refractivity contribution in [2.75, 3.05) is 6.54 Å². The van der Waals surface area contributed by atoms with Gasteiger partial charge in [0.15, 0.2) is 0 Å². The third-order valence-electron chi connectivity index (χ3n) is 2.74. The third-order valence-corrected chi connectivity index (χ3v) is 2.74. The molecular weight excluding hydrogens is 222 g/mol. The topological polar surface area (TPSA) is 67.8 Å². The average Bonchev–Trinajstić information content (AvgIpc) is 2.69. The van der Waals surface area contributed by atoms with Gasteiger partial charge in [-0.25, -0.2) is 0 Å².